The molecule has 22 heavy (non-hydrogen) atoms. The zero-order valence-electron chi connectivity index (χ0n) is 12.7. The number of aromatic nitrogens is 2. The van der Waals surface area contributed by atoms with Crippen molar-refractivity contribution in [3.8, 4) is 0 Å². The molecular weight excluding hydrogens is 303 g/mol. The Balaban J connectivity index is 3.13. The first-order chi connectivity index (χ1) is 9.85. The summed E-state index contributed by atoms with van der Waals surface area (Å²) in [6.07, 6.45) is -3.91. The highest BCUT2D eigenvalue weighted by molar-refractivity contribution is 5.95. The maximum atomic E-state index is 13.2. The first-order valence-electron chi connectivity index (χ1n) is 6.52. The molecule has 6 nitrogen and oxygen atoms in total. The third-order valence-corrected chi connectivity index (χ3v) is 2.91. The van der Waals surface area contributed by atoms with E-state index in [1.165, 1.54) is 27.7 Å². The Morgan fingerprint density at radius 3 is 2.32 bits per heavy atom. The summed E-state index contributed by atoms with van der Waals surface area (Å²) in [6.45, 7) is 5.66. The summed E-state index contributed by atoms with van der Waals surface area (Å²) in [5.41, 5.74) is -2.74. The van der Waals surface area contributed by atoms with Gasteiger partial charge in [0.15, 0.2) is 5.69 Å². The third-order valence-electron chi connectivity index (χ3n) is 2.91. The van der Waals surface area contributed by atoms with Gasteiger partial charge in [-0.05, 0) is 20.8 Å². The van der Waals surface area contributed by atoms with Gasteiger partial charge in [-0.2, -0.15) is 18.3 Å². The molecule has 0 aliphatic rings. The van der Waals surface area contributed by atoms with E-state index in [0.29, 0.717) is 0 Å². The molecule has 1 aromatic heterocycles. The van der Waals surface area contributed by atoms with Crippen LogP contribution >= 0.6 is 0 Å². The van der Waals surface area contributed by atoms with Crippen molar-refractivity contribution in [3.05, 3.63) is 17.5 Å². The Labute approximate surface area is 125 Å². The normalized spacial score (nSPS) is 13.8. The number of carboxylic acids is 1. The van der Waals surface area contributed by atoms with Crippen LogP contribution in [0.4, 0.5) is 13.2 Å². The molecule has 1 amide bonds. The summed E-state index contributed by atoms with van der Waals surface area (Å²) in [5, 5.41) is 14.6. The number of rotatable bonds is 4. The third kappa shape index (κ3) is 3.99. The smallest absolute Gasteiger partial charge is 0.433 e. The lowest BCUT2D eigenvalue weighted by Gasteiger charge is -2.23. The minimum Gasteiger partial charge on any atom is -0.481 e. The van der Waals surface area contributed by atoms with Gasteiger partial charge in [-0.15, -0.1) is 0 Å². The fraction of sp³-hybridized carbons (Fsp3) is 0.615. The van der Waals surface area contributed by atoms with E-state index in [4.69, 9.17) is 5.11 Å². The molecule has 0 aliphatic heterocycles. The number of alkyl halides is 3. The largest absolute Gasteiger partial charge is 0.481 e. The van der Waals surface area contributed by atoms with E-state index in [9.17, 15) is 22.8 Å². The van der Waals surface area contributed by atoms with Crippen molar-refractivity contribution in [3.63, 3.8) is 0 Å². The van der Waals surface area contributed by atoms with Gasteiger partial charge in [0.05, 0.1) is 23.2 Å². The van der Waals surface area contributed by atoms with Crippen LogP contribution in [-0.2, 0) is 16.5 Å². The highest BCUT2D eigenvalue weighted by atomic mass is 19.4. The van der Waals surface area contributed by atoms with E-state index in [2.05, 4.69) is 10.4 Å². The number of halogens is 3. The van der Waals surface area contributed by atoms with E-state index in [-0.39, 0.29) is 6.54 Å². The summed E-state index contributed by atoms with van der Waals surface area (Å²) >= 11 is 0. The maximum Gasteiger partial charge on any atom is 0.433 e. The maximum absolute atomic E-state index is 13.2. The Hall–Kier alpha value is -2.06. The number of carboxylic acid groups (broad SMARTS) is 1. The van der Waals surface area contributed by atoms with Crippen LogP contribution in [0.5, 0.6) is 0 Å². The van der Waals surface area contributed by atoms with Crippen molar-refractivity contribution < 1.29 is 27.9 Å². The van der Waals surface area contributed by atoms with Gasteiger partial charge < -0.3 is 10.4 Å². The average molecular weight is 321 g/mol. The Bertz CT molecular complexity index is 573. The lowest BCUT2D eigenvalue weighted by Crippen LogP contribution is -2.34. The predicted octanol–water partition coefficient (Wildman–Crippen LogP) is 2.11. The van der Waals surface area contributed by atoms with Crippen LogP contribution in [0.25, 0.3) is 0 Å². The van der Waals surface area contributed by atoms with Crippen LogP contribution in [0.1, 0.15) is 43.7 Å². The number of aliphatic carboxylic acids is 1. The zero-order chi connectivity index (χ0) is 17.3. The summed E-state index contributed by atoms with van der Waals surface area (Å²) in [4.78, 5) is 22.6. The van der Waals surface area contributed by atoms with Gasteiger partial charge in [0, 0.05) is 6.54 Å². The van der Waals surface area contributed by atoms with Crippen LogP contribution in [0.2, 0.25) is 0 Å². The fourth-order valence-electron chi connectivity index (χ4n) is 1.72. The number of hydrogen-bond acceptors (Lipinski definition) is 3. The minimum absolute atomic E-state index is 0.272. The summed E-state index contributed by atoms with van der Waals surface area (Å²) in [6, 6.07) is 0. The highest BCUT2D eigenvalue weighted by Crippen LogP contribution is 2.34. The number of nitrogens with zero attached hydrogens (tertiary/aromatic N) is 2. The van der Waals surface area contributed by atoms with Crippen molar-refractivity contribution in [1.82, 2.24) is 15.1 Å². The van der Waals surface area contributed by atoms with Crippen molar-refractivity contribution in [2.75, 3.05) is 6.54 Å². The van der Waals surface area contributed by atoms with E-state index < -0.39 is 40.8 Å². The van der Waals surface area contributed by atoms with Gasteiger partial charge >= 0.3 is 12.1 Å². The lowest BCUT2D eigenvalue weighted by molar-refractivity contribution is -0.146. The molecule has 1 aromatic rings. The van der Waals surface area contributed by atoms with Crippen LogP contribution in [0.15, 0.2) is 6.20 Å². The molecule has 9 heteroatoms. The molecule has 0 saturated carbocycles. The quantitative estimate of drug-likeness (QED) is 0.889. The molecule has 0 aliphatic carbocycles. The van der Waals surface area contributed by atoms with Gasteiger partial charge in [0.2, 0.25) is 0 Å². The first kappa shape index (κ1) is 18.0. The molecule has 2 N–H and O–H groups in total. The van der Waals surface area contributed by atoms with Crippen molar-refractivity contribution in [2.24, 2.45) is 5.92 Å². The van der Waals surface area contributed by atoms with Crippen molar-refractivity contribution in [1.29, 1.82) is 0 Å². The van der Waals surface area contributed by atoms with Gasteiger partial charge in [-0.25, -0.2) is 0 Å². The van der Waals surface area contributed by atoms with E-state index in [0.717, 1.165) is 10.9 Å². The molecule has 1 unspecified atom stereocenters. The second-order valence-corrected chi connectivity index (χ2v) is 5.94. The lowest BCUT2D eigenvalue weighted by atomic mass is 10.1. The zero-order valence-corrected chi connectivity index (χ0v) is 12.7. The predicted molar refractivity (Wildman–Crippen MR) is 71.4 cm³/mol. The number of amides is 1. The molecule has 0 fully saturated rings. The molecule has 0 radical (unpaired) electrons. The molecule has 124 valence electrons. The molecule has 1 atom stereocenters. The number of hydrogen-bond donors (Lipinski definition) is 2. The van der Waals surface area contributed by atoms with Gasteiger partial charge in [0.25, 0.3) is 5.91 Å². The van der Waals surface area contributed by atoms with E-state index >= 15 is 0 Å². The molecule has 0 bridgehead atoms. The molecule has 1 heterocycles. The second kappa shape index (κ2) is 5.98. The highest BCUT2D eigenvalue weighted by Gasteiger charge is 2.42. The van der Waals surface area contributed by atoms with Gasteiger partial charge in [0.1, 0.15) is 0 Å². The Kier molecular flexibility index (Phi) is 4.89. The van der Waals surface area contributed by atoms with E-state index in [1.54, 1.807) is 0 Å². The summed E-state index contributed by atoms with van der Waals surface area (Å²) < 4.78 is 40.4. The Morgan fingerprint density at radius 1 is 1.36 bits per heavy atom. The number of carbonyl (C=O) groups is 2. The SMILES string of the molecule is CC(CNC(=O)c1cnn(C(C)(C)C)c1C(F)(F)F)C(=O)O. The molecule has 0 aromatic carbocycles. The average Bonchev–Trinajstić information content (AvgIpc) is 2.79. The van der Waals surface area contributed by atoms with Crippen LogP contribution < -0.4 is 5.32 Å². The second-order valence-electron chi connectivity index (χ2n) is 5.94. The number of nitrogens with one attached hydrogen (secondary N) is 1. The van der Waals surface area contributed by atoms with Gasteiger partial charge in [-0.3, -0.25) is 14.3 Å². The summed E-state index contributed by atoms with van der Waals surface area (Å²) in [5.74, 6) is -3.06. The molecular formula is C13H18F3N3O3. The first-order valence-corrected chi connectivity index (χ1v) is 6.52. The minimum atomic E-state index is -4.76. The molecule has 1 rings (SSSR count). The monoisotopic (exact) mass is 321 g/mol. The van der Waals surface area contributed by atoms with Gasteiger partial charge in [-0.1, -0.05) is 6.92 Å². The number of carbonyl (C=O) groups excluding carboxylic acids is 1. The van der Waals surface area contributed by atoms with Crippen LogP contribution in [0, 0.1) is 5.92 Å². The standard InChI is InChI=1S/C13H18F3N3O3/c1-7(11(21)22)5-17-10(20)8-6-18-19(12(2,3)4)9(8)13(14,15)16/h6-7H,5H2,1-4H3,(H,17,20)(H,21,22). The molecule has 0 saturated heterocycles. The van der Waals surface area contributed by atoms with Crippen LogP contribution in [-0.4, -0.2) is 33.3 Å². The summed E-state index contributed by atoms with van der Waals surface area (Å²) in [7, 11) is 0. The van der Waals surface area contributed by atoms with E-state index in [1.807, 2.05) is 0 Å². The van der Waals surface area contributed by atoms with Crippen LogP contribution in [0.3, 0.4) is 0 Å². The molecule has 0 spiro atoms. The van der Waals surface area contributed by atoms with Crippen molar-refractivity contribution in [2.45, 2.75) is 39.4 Å². The topological polar surface area (TPSA) is 84.2 Å². The Morgan fingerprint density at radius 2 is 1.91 bits per heavy atom. The fourth-order valence-corrected chi connectivity index (χ4v) is 1.72. The van der Waals surface area contributed by atoms with Crippen molar-refractivity contribution >= 4 is 11.9 Å².